The summed E-state index contributed by atoms with van der Waals surface area (Å²) in [5.74, 6) is 1.56. The second-order valence-electron chi connectivity index (χ2n) is 5.69. The summed E-state index contributed by atoms with van der Waals surface area (Å²) >= 11 is 0. The third-order valence-corrected chi connectivity index (χ3v) is 4.38. The fourth-order valence-electron chi connectivity index (χ4n) is 3.51. The third-order valence-electron chi connectivity index (χ3n) is 4.38. The lowest BCUT2D eigenvalue weighted by molar-refractivity contribution is 0.259. The predicted molar refractivity (Wildman–Crippen MR) is 67.3 cm³/mol. The molecule has 1 saturated heterocycles. The summed E-state index contributed by atoms with van der Waals surface area (Å²) in [6.45, 7) is 3.37. The maximum absolute atomic E-state index is 6.23. The minimum Gasteiger partial charge on any atom is -0.327 e. The summed E-state index contributed by atoms with van der Waals surface area (Å²) in [5.41, 5.74) is 7.41. The standard InChI is InChI=1S/C13H22N4/c1-16-6-5-11(15-16)8-17-7-10-3-2-4-13(14)12(10)9-17/h5-6,10,12-13H,2-4,7-9,14H2,1H3/t10-,12+,13+/m0/s1. The molecule has 0 spiro atoms. The van der Waals surface area contributed by atoms with E-state index in [9.17, 15) is 0 Å². The fourth-order valence-corrected chi connectivity index (χ4v) is 3.51. The lowest BCUT2D eigenvalue weighted by Gasteiger charge is -2.29. The maximum atomic E-state index is 6.23. The number of nitrogens with zero attached hydrogens (tertiary/aromatic N) is 3. The Labute approximate surface area is 103 Å². The SMILES string of the molecule is Cn1ccc(CN2C[C@@H]3CCC[C@@H](N)[C@@H]3C2)n1. The molecule has 94 valence electrons. The predicted octanol–water partition coefficient (Wildman–Crippen LogP) is 0.979. The Bertz CT molecular complexity index is 387. The highest BCUT2D eigenvalue weighted by atomic mass is 15.3. The van der Waals surface area contributed by atoms with Gasteiger partial charge in [-0.05, 0) is 30.7 Å². The Balaban J connectivity index is 1.63. The lowest BCUT2D eigenvalue weighted by atomic mass is 9.78. The molecule has 1 saturated carbocycles. The van der Waals surface area contributed by atoms with Gasteiger partial charge in [0.2, 0.25) is 0 Å². The summed E-state index contributed by atoms with van der Waals surface area (Å²) in [6.07, 6.45) is 5.93. The Kier molecular flexibility index (Phi) is 2.92. The lowest BCUT2D eigenvalue weighted by Crippen LogP contribution is -2.38. The van der Waals surface area contributed by atoms with Crippen LogP contribution in [0.4, 0.5) is 0 Å². The molecule has 1 aromatic heterocycles. The molecule has 0 radical (unpaired) electrons. The molecule has 2 aliphatic rings. The normalized spacial score (nSPS) is 33.9. The van der Waals surface area contributed by atoms with E-state index in [1.54, 1.807) is 0 Å². The van der Waals surface area contributed by atoms with E-state index in [1.807, 2.05) is 17.9 Å². The number of aromatic nitrogens is 2. The molecule has 3 rings (SSSR count). The number of fused-ring (bicyclic) bond motifs is 1. The van der Waals surface area contributed by atoms with Crippen molar-refractivity contribution in [2.24, 2.45) is 24.6 Å². The van der Waals surface area contributed by atoms with Crippen molar-refractivity contribution in [3.63, 3.8) is 0 Å². The summed E-state index contributed by atoms with van der Waals surface area (Å²) in [6, 6.07) is 2.55. The van der Waals surface area contributed by atoms with Crippen molar-refractivity contribution >= 4 is 0 Å². The third kappa shape index (κ3) is 2.24. The Morgan fingerprint density at radius 1 is 1.41 bits per heavy atom. The average Bonchev–Trinajstić information content (AvgIpc) is 2.86. The van der Waals surface area contributed by atoms with Crippen LogP contribution in [-0.4, -0.2) is 33.8 Å². The van der Waals surface area contributed by atoms with Gasteiger partial charge in [-0.25, -0.2) is 0 Å². The highest BCUT2D eigenvalue weighted by Crippen LogP contribution is 2.35. The van der Waals surface area contributed by atoms with Crippen molar-refractivity contribution in [1.82, 2.24) is 14.7 Å². The summed E-state index contributed by atoms with van der Waals surface area (Å²) in [4.78, 5) is 2.53. The van der Waals surface area contributed by atoms with Crippen LogP contribution in [0.15, 0.2) is 12.3 Å². The van der Waals surface area contributed by atoms with E-state index in [0.29, 0.717) is 6.04 Å². The molecule has 0 unspecified atom stereocenters. The number of likely N-dealkylation sites (tertiary alicyclic amines) is 1. The van der Waals surface area contributed by atoms with E-state index in [2.05, 4.69) is 16.1 Å². The van der Waals surface area contributed by atoms with Crippen LogP contribution >= 0.6 is 0 Å². The van der Waals surface area contributed by atoms with Crippen molar-refractivity contribution in [1.29, 1.82) is 0 Å². The van der Waals surface area contributed by atoms with Crippen LogP contribution in [-0.2, 0) is 13.6 Å². The molecule has 2 heterocycles. The summed E-state index contributed by atoms with van der Waals surface area (Å²) in [7, 11) is 1.98. The van der Waals surface area contributed by atoms with Crippen LogP contribution in [0.5, 0.6) is 0 Å². The Morgan fingerprint density at radius 3 is 3.00 bits per heavy atom. The van der Waals surface area contributed by atoms with Crippen LogP contribution in [0.25, 0.3) is 0 Å². The molecule has 1 aliphatic carbocycles. The maximum Gasteiger partial charge on any atom is 0.0764 e. The van der Waals surface area contributed by atoms with Gasteiger partial charge in [-0.2, -0.15) is 5.10 Å². The Hall–Kier alpha value is -0.870. The largest absolute Gasteiger partial charge is 0.327 e. The van der Waals surface area contributed by atoms with Crippen molar-refractivity contribution in [2.45, 2.75) is 31.8 Å². The minimum absolute atomic E-state index is 0.433. The van der Waals surface area contributed by atoms with Crippen LogP contribution in [0.3, 0.4) is 0 Å². The molecule has 4 heteroatoms. The first-order valence-electron chi connectivity index (χ1n) is 6.69. The van der Waals surface area contributed by atoms with Gasteiger partial charge >= 0.3 is 0 Å². The zero-order valence-electron chi connectivity index (χ0n) is 10.5. The molecule has 0 bridgehead atoms. The van der Waals surface area contributed by atoms with Gasteiger partial charge in [0.1, 0.15) is 0 Å². The number of hydrogen-bond acceptors (Lipinski definition) is 3. The number of rotatable bonds is 2. The second kappa shape index (κ2) is 4.42. The van der Waals surface area contributed by atoms with Crippen molar-refractivity contribution in [2.75, 3.05) is 13.1 Å². The first-order valence-corrected chi connectivity index (χ1v) is 6.69. The van der Waals surface area contributed by atoms with Gasteiger partial charge in [0.05, 0.1) is 5.69 Å². The number of nitrogens with two attached hydrogens (primary N) is 1. The van der Waals surface area contributed by atoms with Gasteiger partial charge in [0.25, 0.3) is 0 Å². The number of aryl methyl sites for hydroxylation is 1. The van der Waals surface area contributed by atoms with E-state index >= 15 is 0 Å². The second-order valence-corrected chi connectivity index (χ2v) is 5.69. The molecule has 0 aromatic carbocycles. The zero-order chi connectivity index (χ0) is 11.8. The summed E-state index contributed by atoms with van der Waals surface area (Å²) < 4.78 is 1.88. The molecule has 17 heavy (non-hydrogen) atoms. The monoisotopic (exact) mass is 234 g/mol. The van der Waals surface area contributed by atoms with Crippen LogP contribution in [0, 0.1) is 11.8 Å². The molecular weight excluding hydrogens is 212 g/mol. The molecular formula is C13H22N4. The molecule has 1 aromatic rings. The Morgan fingerprint density at radius 2 is 2.29 bits per heavy atom. The van der Waals surface area contributed by atoms with E-state index in [4.69, 9.17) is 5.73 Å². The quantitative estimate of drug-likeness (QED) is 0.830. The van der Waals surface area contributed by atoms with E-state index in [-0.39, 0.29) is 0 Å². The molecule has 2 fully saturated rings. The molecule has 1 aliphatic heterocycles. The van der Waals surface area contributed by atoms with Crippen LogP contribution in [0.1, 0.15) is 25.0 Å². The van der Waals surface area contributed by atoms with Crippen LogP contribution in [0.2, 0.25) is 0 Å². The highest BCUT2D eigenvalue weighted by Gasteiger charge is 2.38. The van der Waals surface area contributed by atoms with Crippen molar-refractivity contribution in [3.05, 3.63) is 18.0 Å². The first-order chi connectivity index (χ1) is 8.22. The van der Waals surface area contributed by atoms with Gasteiger partial charge in [0, 0.05) is 38.9 Å². The minimum atomic E-state index is 0.433. The zero-order valence-corrected chi connectivity index (χ0v) is 10.5. The van der Waals surface area contributed by atoms with E-state index < -0.39 is 0 Å². The summed E-state index contributed by atoms with van der Waals surface area (Å²) in [5, 5.41) is 4.45. The highest BCUT2D eigenvalue weighted by molar-refractivity contribution is 5.01. The molecule has 2 N–H and O–H groups in total. The van der Waals surface area contributed by atoms with Crippen molar-refractivity contribution in [3.8, 4) is 0 Å². The average molecular weight is 234 g/mol. The molecule has 3 atom stereocenters. The van der Waals surface area contributed by atoms with Gasteiger partial charge in [-0.15, -0.1) is 0 Å². The van der Waals surface area contributed by atoms with E-state index in [0.717, 1.165) is 18.4 Å². The van der Waals surface area contributed by atoms with Gasteiger partial charge < -0.3 is 5.73 Å². The fraction of sp³-hybridized carbons (Fsp3) is 0.769. The number of hydrogen-bond donors (Lipinski definition) is 1. The molecule has 4 nitrogen and oxygen atoms in total. The topological polar surface area (TPSA) is 47.1 Å². The molecule has 0 amide bonds. The smallest absolute Gasteiger partial charge is 0.0764 e. The van der Waals surface area contributed by atoms with Gasteiger partial charge in [0.15, 0.2) is 0 Å². The van der Waals surface area contributed by atoms with Crippen molar-refractivity contribution < 1.29 is 0 Å². The van der Waals surface area contributed by atoms with E-state index in [1.165, 1.54) is 38.0 Å². The van der Waals surface area contributed by atoms with Gasteiger partial charge in [-0.1, -0.05) is 6.42 Å². The van der Waals surface area contributed by atoms with Gasteiger partial charge in [-0.3, -0.25) is 9.58 Å². The first kappa shape index (κ1) is 11.2. The van der Waals surface area contributed by atoms with Crippen LogP contribution < -0.4 is 5.73 Å².